The van der Waals surface area contributed by atoms with E-state index >= 15 is 0 Å². The van der Waals surface area contributed by atoms with Crippen LogP contribution < -0.4 is 5.32 Å². The lowest BCUT2D eigenvalue weighted by molar-refractivity contribution is 0.101. The third kappa shape index (κ3) is 3.88. The zero-order valence-electron chi connectivity index (χ0n) is 15.2. The van der Waals surface area contributed by atoms with Crippen LogP contribution in [-0.4, -0.2) is 15.8 Å². The maximum Gasteiger partial charge on any atom is 0.159 e. The Bertz CT molecular complexity index is 1100. The van der Waals surface area contributed by atoms with Gasteiger partial charge in [-0.1, -0.05) is 30.3 Å². The van der Waals surface area contributed by atoms with Crippen molar-refractivity contribution in [3.05, 3.63) is 82.5 Å². The number of aryl methyl sites for hydroxylation is 1. The first kappa shape index (κ1) is 17.4. The van der Waals surface area contributed by atoms with Gasteiger partial charge in [0.1, 0.15) is 16.5 Å². The average molecular weight is 373 g/mol. The number of carbonyl (C=O) groups is 1. The summed E-state index contributed by atoms with van der Waals surface area (Å²) in [6.07, 6.45) is 0.686. The molecule has 0 saturated heterocycles. The summed E-state index contributed by atoms with van der Waals surface area (Å²) >= 11 is 1.67. The first-order chi connectivity index (χ1) is 13.1. The number of nitrogens with zero attached hydrogens (tertiary/aromatic N) is 2. The highest BCUT2D eigenvalue weighted by Crippen LogP contribution is 2.30. The molecule has 2 aromatic heterocycles. The molecule has 0 aliphatic heterocycles. The average Bonchev–Trinajstić information content (AvgIpc) is 3.03. The van der Waals surface area contributed by atoms with E-state index in [9.17, 15) is 4.79 Å². The first-order valence-electron chi connectivity index (χ1n) is 8.77. The van der Waals surface area contributed by atoms with Crippen molar-refractivity contribution in [2.24, 2.45) is 0 Å². The minimum atomic E-state index is 0.0598. The second-order valence-electron chi connectivity index (χ2n) is 6.49. The van der Waals surface area contributed by atoms with Crippen molar-refractivity contribution in [3.63, 3.8) is 0 Å². The van der Waals surface area contributed by atoms with Crippen molar-refractivity contribution in [1.29, 1.82) is 0 Å². The van der Waals surface area contributed by atoms with Crippen LogP contribution in [0.25, 0.3) is 10.2 Å². The molecule has 0 atom stereocenters. The normalized spacial score (nSPS) is 10.9. The van der Waals surface area contributed by atoms with Crippen LogP contribution in [0.5, 0.6) is 0 Å². The van der Waals surface area contributed by atoms with E-state index in [4.69, 9.17) is 9.97 Å². The van der Waals surface area contributed by atoms with Crippen molar-refractivity contribution < 1.29 is 4.79 Å². The highest BCUT2D eigenvalue weighted by atomic mass is 32.1. The third-order valence-corrected chi connectivity index (χ3v) is 5.27. The number of Topliss-reactive ketones (excluding diaryl/α,β-unsaturated/α-hetero) is 1. The summed E-state index contributed by atoms with van der Waals surface area (Å²) in [4.78, 5) is 23.2. The summed E-state index contributed by atoms with van der Waals surface area (Å²) < 4.78 is 0. The van der Waals surface area contributed by atoms with Gasteiger partial charge in [-0.2, -0.15) is 0 Å². The fraction of sp³-hybridized carbons (Fsp3) is 0.136. The Morgan fingerprint density at radius 3 is 2.48 bits per heavy atom. The molecule has 1 N–H and O–H groups in total. The molecule has 0 radical (unpaired) electrons. The Morgan fingerprint density at radius 2 is 1.78 bits per heavy atom. The molecule has 4 rings (SSSR count). The quantitative estimate of drug-likeness (QED) is 0.467. The second-order valence-corrected chi connectivity index (χ2v) is 7.72. The number of rotatable bonds is 5. The fourth-order valence-corrected chi connectivity index (χ4v) is 3.86. The Hall–Kier alpha value is -3.05. The Morgan fingerprint density at radius 1 is 1.04 bits per heavy atom. The van der Waals surface area contributed by atoms with Gasteiger partial charge in [-0.15, -0.1) is 11.3 Å². The number of nitrogens with one attached hydrogen (secondary N) is 1. The van der Waals surface area contributed by atoms with Crippen LogP contribution in [-0.2, 0) is 6.42 Å². The minimum absolute atomic E-state index is 0.0598. The van der Waals surface area contributed by atoms with E-state index in [1.807, 2.05) is 42.5 Å². The van der Waals surface area contributed by atoms with Crippen LogP contribution in [0.15, 0.2) is 60.7 Å². The minimum Gasteiger partial charge on any atom is -0.340 e. The van der Waals surface area contributed by atoms with Gasteiger partial charge in [0.05, 0.1) is 5.39 Å². The van der Waals surface area contributed by atoms with Crippen molar-refractivity contribution in [3.8, 4) is 0 Å². The number of hydrogen-bond donors (Lipinski definition) is 1. The molecule has 2 aromatic carbocycles. The lowest BCUT2D eigenvalue weighted by Gasteiger charge is -2.09. The van der Waals surface area contributed by atoms with Gasteiger partial charge in [0.2, 0.25) is 0 Å². The standard InChI is InChI=1S/C22H19N3OS/c1-14-12-19-21(23-18-10-8-17(9-11-18)15(2)26)24-20(25-22(19)27-14)13-16-6-4-3-5-7-16/h3-12H,13H2,1-2H3,(H,23,24,25). The number of fused-ring (bicyclic) bond motifs is 1. The van der Waals surface area contributed by atoms with E-state index < -0.39 is 0 Å². The van der Waals surface area contributed by atoms with Crippen LogP contribution in [0.3, 0.4) is 0 Å². The van der Waals surface area contributed by atoms with Crippen LogP contribution in [0.2, 0.25) is 0 Å². The third-order valence-electron chi connectivity index (χ3n) is 4.32. The summed E-state index contributed by atoms with van der Waals surface area (Å²) in [5.74, 6) is 1.65. The smallest absolute Gasteiger partial charge is 0.159 e. The summed E-state index contributed by atoms with van der Waals surface area (Å²) in [7, 11) is 0. The van der Waals surface area contributed by atoms with Crippen LogP contribution in [0.4, 0.5) is 11.5 Å². The Kier molecular flexibility index (Phi) is 4.69. The first-order valence-corrected chi connectivity index (χ1v) is 9.59. The van der Waals surface area contributed by atoms with Gasteiger partial charge >= 0.3 is 0 Å². The van der Waals surface area contributed by atoms with Crippen LogP contribution in [0.1, 0.15) is 33.5 Å². The number of benzene rings is 2. The van der Waals surface area contributed by atoms with Crippen LogP contribution >= 0.6 is 11.3 Å². The highest BCUT2D eigenvalue weighted by molar-refractivity contribution is 7.18. The summed E-state index contributed by atoms with van der Waals surface area (Å²) in [5.41, 5.74) is 2.78. The summed E-state index contributed by atoms with van der Waals surface area (Å²) in [5, 5.41) is 4.42. The number of carbonyl (C=O) groups excluding carboxylic acids is 1. The maximum atomic E-state index is 11.5. The molecular formula is C22H19N3OS. The van der Waals surface area contributed by atoms with Gasteiger partial charge in [-0.05, 0) is 49.7 Å². The highest BCUT2D eigenvalue weighted by Gasteiger charge is 2.12. The molecule has 134 valence electrons. The molecule has 2 heterocycles. The van der Waals surface area contributed by atoms with Crippen molar-refractivity contribution in [2.75, 3.05) is 5.32 Å². The Balaban J connectivity index is 1.70. The van der Waals surface area contributed by atoms with Gasteiger partial charge in [0.15, 0.2) is 5.78 Å². The number of thiophene rings is 1. The van der Waals surface area contributed by atoms with E-state index in [1.165, 1.54) is 10.4 Å². The van der Waals surface area contributed by atoms with Gasteiger partial charge < -0.3 is 5.32 Å². The lowest BCUT2D eigenvalue weighted by atomic mass is 10.1. The van der Waals surface area contributed by atoms with Crippen LogP contribution in [0, 0.1) is 6.92 Å². The predicted octanol–water partition coefficient (Wildman–Crippen LogP) is 5.54. The van der Waals surface area contributed by atoms with Gasteiger partial charge in [0, 0.05) is 22.5 Å². The fourth-order valence-electron chi connectivity index (χ4n) is 2.96. The number of aromatic nitrogens is 2. The summed E-state index contributed by atoms with van der Waals surface area (Å²) in [6, 6.07) is 19.8. The summed E-state index contributed by atoms with van der Waals surface area (Å²) in [6.45, 7) is 3.65. The second kappa shape index (κ2) is 7.29. The maximum absolute atomic E-state index is 11.5. The molecule has 0 fully saturated rings. The topological polar surface area (TPSA) is 54.9 Å². The molecule has 4 aromatic rings. The molecule has 0 aliphatic carbocycles. The van der Waals surface area contributed by atoms with E-state index in [2.05, 4.69) is 30.4 Å². The number of anilines is 2. The Labute approximate surface area is 161 Å². The molecule has 27 heavy (non-hydrogen) atoms. The lowest BCUT2D eigenvalue weighted by Crippen LogP contribution is -2.02. The van der Waals surface area contributed by atoms with Gasteiger partial charge in [-0.3, -0.25) is 4.79 Å². The molecule has 0 aliphatic rings. The molecule has 0 saturated carbocycles. The molecule has 0 amide bonds. The number of ketones is 1. The molecule has 0 unspecified atom stereocenters. The van der Waals surface area contributed by atoms with E-state index in [0.29, 0.717) is 12.0 Å². The van der Waals surface area contributed by atoms with Crippen molar-refractivity contribution >= 4 is 38.8 Å². The van der Waals surface area contributed by atoms with E-state index in [0.717, 1.165) is 27.5 Å². The molecule has 4 nitrogen and oxygen atoms in total. The molecule has 5 heteroatoms. The zero-order valence-corrected chi connectivity index (χ0v) is 16.0. The van der Waals surface area contributed by atoms with E-state index in [1.54, 1.807) is 18.3 Å². The molecule has 0 bridgehead atoms. The zero-order chi connectivity index (χ0) is 18.8. The predicted molar refractivity (Wildman–Crippen MR) is 111 cm³/mol. The SMILES string of the molecule is CC(=O)c1ccc(Nc2nc(Cc3ccccc3)nc3sc(C)cc23)cc1. The molecule has 0 spiro atoms. The number of hydrogen-bond acceptors (Lipinski definition) is 5. The molecular weight excluding hydrogens is 354 g/mol. The van der Waals surface area contributed by atoms with Gasteiger partial charge in [-0.25, -0.2) is 9.97 Å². The monoisotopic (exact) mass is 373 g/mol. The van der Waals surface area contributed by atoms with Crippen molar-refractivity contribution in [2.45, 2.75) is 20.3 Å². The van der Waals surface area contributed by atoms with E-state index in [-0.39, 0.29) is 5.78 Å². The van der Waals surface area contributed by atoms with Crippen molar-refractivity contribution in [1.82, 2.24) is 9.97 Å². The largest absolute Gasteiger partial charge is 0.340 e. The van der Waals surface area contributed by atoms with Gasteiger partial charge in [0.25, 0.3) is 0 Å².